The van der Waals surface area contributed by atoms with Crippen LogP contribution in [-0.2, 0) is 4.57 Å². The van der Waals surface area contributed by atoms with Crippen molar-refractivity contribution in [3.8, 4) is 0 Å². The van der Waals surface area contributed by atoms with E-state index in [2.05, 4.69) is 0 Å². The standard InChI is InChI=1S/Ca.HO3P/c;1-4(2)3/h;(H,1,2,3). The third-order valence-electron chi connectivity index (χ3n) is 0. The maximum absolute atomic E-state index is 8.59. The SMILES string of the molecule is O=[P+]([O-])O.[Ca]. The Morgan fingerprint density at radius 2 is 1.80 bits per heavy atom. The smallest absolute Gasteiger partial charge is 0.485 e. The molecule has 0 aromatic rings. The second-order valence-electron chi connectivity index (χ2n) is 0.238. The van der Waals surface area contributed by atoms with E-state index in [9.17, 15) is 0 Å². The molecule has 1 atom stereocenters. The van der Waals surface area contributed by atoms with Gasteiger partial charge in [0.1, 0.15) is 0 Å². The summed E-state index contributed by atoms with van der Waals surface area (Å²) < 4.78 is 8.59. The molecule has 0 aliphatic rings. The second kappa shape index (κ2) is 5.28. The topological polar surface area (TPSA) is 60.4 Å². The van der Waals surface area contributed by atoms with Crippen LogP contribution in [0.15, 0.2) is 0 Å². The summed E-state index contributed by atoms with van der Waals surface area (Å²) in [6.07, 6.45) is 0. The zero-order chi connectivity index (χ0) is 3.58. The molecule has 5 heteroatoms. The van der Waals surface area contributed by atoms with Gasteiger partial charge in [-0.3, -0.25) is 0 Å². The summed E-state index contributed by atoms with van der Waals surface area (Å²) >= 11 is 0. The predicted octanol–water partition coefficient (Wildman–Crippen LogP) is -1.38. The molecule has 0 saturated carbocycles. The third-order valence-corrected chi connectivity index (χ3v) is 0. The van der Waals surface area contributed by atoms with E-state index in [1.54, 1.807) is 0 Å². The first kappa shape index (κ1) is 9.56. The van der Waals surface area contributed by atoms with E-state index in [1.807, 2.05) is 0 Å². The number of hydrogen-bond acceptors (Lipinski definition) is 2. The van der Waals surface area contributed by atoms with Crippen LogP contribution in [0.25, 0.3) is 0 Å². The molecule has 0 aromatic heterocycles. The van der Waals surface area contributed by atoms with Crippen LogP contribution in [0, 0.1) is 0 Å². The summed E-state index contributed by atoms with van der Waals surface area (Å²) in [5.41, 5.74) is 0. The van der Waals surface area contributed by atoms with E-state index in [0.29, 0.717) is 0 Å². The first-order chi connectivity index (χ1) is 1.73. The number of hydrogen-bond donors (Lipinski definition) is 1. The minimum Gasteiger partial charge on any atom is -0.567 e. The van der Waals surface area contributed by atoms with Gasteiger partial charge in [0.05, 0.1) is 0 Å². The van der Waals surface area contributed by atoms with Gasteiger partial charge in [-0.05, 0) is 4.57 Å². The molecule has 0 spiro atoms. The van der Waals surface area contributed by atoms with Crippen LogP contribution in [-0.4, -0.2) is 42.6 Å². The molecule has 0 fully saturated rings. The van der Waals surface area contributed by atoms with Crippen LogP contribution < -0.4 is 4.89 Å². The minimum absolute atomic E-state index is 0. The van der Waals surface area contributed by atoms with E-state index in [-0.39, 0.29) is 37.7 Å². The van der Waals surface area contributed by atoms with E-state index < -0.39 is 8.25 Å². The molecule has 0 aromatic carbocycles. The quantitative estimate of drug-likeness (QED) is 0.316. The molecule has 0 bridgehead atoms. The Labute approximate surface area is 60.0 Å². The van der Waals surface area contributed by atoms with Crippen molar-refractivity contribution in [2.24, 2.45) is 0 Å². The molecular formula is HCaO3P. The molecule has 0 heterocycles. The molecule has 26 valence electrons. The van der Waals surface area contributed by atoms with Gasteiger partial charge in [-0.25, -0.2) is 0 Å². The van der Waals surface area contributed by atoms with Gasteiger partial charge in [-0.2, -0.15) is 4.89 Å². The van der Waals surface area contributed by atoms with Gasteiger partial charge in [0.2, 0.25) is 0 Å². The first-order valence-electron chi connectivity index (χ1n) is 0.565. The van der Waals surface area contributed by atoms with Crippen molar-refractivity contribution < 1.29 is 14.4 Å². The van der Waals surface area contributed by atoms with Crippen LogP contribution in [0.2, 0.25) is 0 Å². The minimum atomic E-state index is -3.12. The van der Waals surface area contributed by atoms with Gasteiger partial charge in [-0.15, -0.1) is 0 Å². The Morgan fingerprint density at radius 1 is 1.80 bits per heavy atom. The number of rotatable bonds is 0. The largest absolute Gasteiger partial charge is 0.567 e. The Hall–Kier alpha value is 1.28. The summed E-state index contributed by atoms with van der Waals surface area (Å²) in [6.45, 7) is 0. The average molecular weight is 120 g/mol. The Morgan fingerprint density at radius 3 is 1.80 bits per heavy atom. The van der Waals surface area contributed by atoms with Crippen molar-refractivity contribution in [1.29, 1.82) is 0 Å². The van der Waals surface area contributed by atoms with Gasteiger partial charge in [0.25, 0.3) is 0 Å². The van der Waals surface area contributed by atoms with Crippen molar-refractivity contribution in [1.82, 2.24) is 0 Å². The molecule has 3 nitrogen and oxygen atoms in total. The molecule has 0 aliphatic carbocycles. The molecule has 5 heavy (non-hydrogen) atoms. The van der Waals surface area contributed by atoms with Gasteiger partial charge in [0.15, 0.2) is 0 Å². The van der Waals surface area contributed by atoms with Crippen LogP contribution in [0.5, 0.6) is 0 Å². The van der Waals surface area contributed by atoms with Gasteiger partial charge < -0.3 is 4.89 Å². The average Bonchev–Trinajstić information content (AvgIpc) is 0.811. The fourth-order valence-corrected chi connectivity index (χ4v) is 0. The van der Waals surface area contributed by atoms with Crippen molar-refractivity contribution >= 4 is 46.0 Å². The third kappa shape index (κ3) is 34.7. The Bertz CT molecular complexity index is 29.9. The van der Waals surface area contributed by atoms with E-state index in [4.69, 9.17) is 14.4 Å². The van der Waals surface area contributed by atoms with Gasteiger partial charge in [0, 0.05) is 37.7 Å². The second-order valence-corrected chi connectivity index (χ2v) is 0.714. The molecule has 1 unspecified atom stereocenters. The summed E-state index contributed by atoms with van der Waals surface area (Å²) in [6, 6.07) is 0. The summed E-state index contributed by atoms with van der Waals surface area (Å²) in [5, 5.41) is 0. The predicted molar refractivity (Wildman–Crippen MR) is 15.6 cm³/mol. The van der Waals surface area contributed by atoms with Crippen molar-refractivity contribution in [2.45, 2.75) is 0 Å². The van der Waals surface area contributed by atoms with Crippen LogP contribution in [0.4, 0.5) is 0 Å². The molecular weight excluding hydrogens is 119 g/mol. The molecule has 0 rings (SSSR count). The fraction of sp³-hybridized carbons (Fsp3) is 0. The van der Waals surface area contributed by atoms with Crippen molar-refractivity contribution in [3.05, 3.63) is 0 Å². The van der Waals surface area contributed by atoms with E-state index >= 15 is 0 Å². The Kier molecular flexibility index (Phi) is 10.1. The van der Waals surface area contributed by atoms with E-state index in [1.165, 1.54) is 0 Å². The summed E-state index contributed by atoms with van der Waals surface area (Å²) in [5.74, 6) is 0. The first-order valence-corrected chi connectivity index (χ1v) is 1.70. The van der Waals surface area contributed by atoms with Crippen LogP contribution in [0.3, 0.4) is 0 Å². The Balaban J connectivity index is 0. The molecule has 2 radical (unpaired) electrons. The molecule has 1 N–H and O–H groups in total. The van der Waals surface area contributed by atoms with Crippen LogP contribution >= 0.6 is 8.25 Å². The summed E-state index contributed by atoms with van der Waals surface area (Å²) in [7, 11) is -3.12. The molecule has 0 aliphatic heterocycles. The van der Waals surface area contributed by atoms with Gasteiger partial charge >= 0.3 is 8.25 Å². The zero-order valence-electron chi connectivity index (χ0n) is 2.42. The van der Waals surface area contributed by atoms with Crippen molar-refractivity contribution in [2.75, 3.05) is 0 Å². The molecule has 0 amide bonds. The maximum atomic E-state index is 8.59. The normalized spacial score (nSPS) is 8.80. The molecule has 0 saturated heterocycles. The monoisotopic (exact) mass is 120 g/mol. The zero-order valence-corrected chi connectivity index (χ0v) is 5.52. The van der Waals surface area contributed by atoms with E-state index in [0.717, 1.165) is 0 Å². The maximum Gasteiger partial charge on any atom is 0.485 e. The van der Waals surface area contributed by atoms with Crippen LogP contribution in [0.1, 0.15) is 0 Å². The van der Waals surface area contributed by atoms with Crippen molar-refractivity contribution in [3.63, 3.8) is 0 Å². The fourth-order valence-electron chi connectivity index (χ4n) is 0. The summed E-state index contributed by atoms with van der Waals surface area (Å²) in [4.78, 5) is 15.6. The van der Waals surface area contributed by atoms with Gasteiger partial charge in [-0.1, -0.05) is 0 Å².